The van der Waals surface area contributed by atoms with Crippen LogP contribution in [0.1, 0.15) is 13.3 Å². The van der Waals surface area contributed by atoms with E-state index < -0.39 is 0 Å². The lowest BCUT2D eigenvalue weighted by Gasteiger charge is -2.06. The molecule has 0 aliphatic carbocycles. The first-order valence-electron chi connectivity index (χ1n) is 5.40. The molecule has 0 aliphatic rings. The minimum absolute atomic E-state index is 0.561. The highest BCUT2D eigenvalue weighted by Gasteiger charge is 2.15. The largest absolute Gasteiger partial charge is 0.383 e. The molecule has 0 bridgehead atoms. The molecular formula is C12H13Cl2N3. The molecule has 0 atom stereocenters. The van der Waals surface area contributed by atoms with E-state index in [1.807, 2.05) is 4.57 Å². The predicted octanol–water partition coefficient (Wildman–Crippen LogP) is 3.85. The van der Waals surface area contributed by atoms with Crippen LogP contribution < -0.4 is 5.73 Å². The summed E-state index contributed by atoms with van der Waals surface area (Å²) in [5.74, 6) is 0.599. The number of hydrogen-bond acceptors (Lipinski definition) is 2. The molecular weight excluding hydrogens is 257 g/mol. The van der Waals surface area contributed by atoms with Gasteiger partial charge in [-0.1, -0.05) is 36.2 Å². The van der Waals surface area contributed by atoms with Crippen molar-refractivity contribution in [3.8, 4) is 11.3 Å². The van der Waals surface area contributed by atoms with E-state index in [1.165, 1.54) is 0 Å². The summed E-state index contributed by atoms with van der Waals surface area (Å²) in [7, 11) is 0. The van der Waals surface area contributed by atoms with Gasteiger partial charge in [-0.15, -0.1) is 0 Å². The lowest BCUT2D eigenvalue weighted by Crippen LogP contribution is -2.01. The van der Waals surface area contributed by atoms with Crippen molar-refractivity contribution < 1.29 is 0 Å². The fourth-order valence-corrected chi connectivity index (χ4v) is 2.30. The van der Waals surface area contributed by atoms with Crippen molar-refractivity contribution in [2.75, 3.05) is 5.73 Å². The van der Waals surface area contributed by atoms with E-state index in [0.29, 0.717) is 27.1 Å². The van der Waals surface area contributed by atoms with Crippen LogP contribution in [0.4, 0.5) is 5.82 Å². The Morgan fingerprint density at radius 1 is 1.29 bits per heavy atom. The first kappa shape index (κ1) is 12.3. The van der Waals surface area contributed by atoms with Gasteiger partial charge in [0.05, 0.1) is 16.4 Å². The molecule has 0 unspecified atom stereocenters. The second kappa shape index (κ2) is 4.98. The molecule has 0 aliphatic heterocycles. The Bertz CT molecular complexity index is 514. The Labute approximate surface area is 110 Å². The summed E-state index contributed by atoms with van der Waals surface area (Å²) in [4.78, 5) is 4.30. The van der Waals surface area contributed by atoms with E-state index in [0.717, 1.165) is 13.0 Å². The van der Waals surface area contributed by atoms with Gasteiger partial charge in [0.2, 0.25) is 0 Å². The van der Waals surface area contributed by atoms with E-state index >= 15 is 0 Å². The molecule has 17 heavy (non-hydrogen) atoms. The maximum absolute atomic E-state index is 6.13. The van der Waals surface area contributed by atoms with Crippen LogP contribution >= 0.6 is 23.2 Å². The molecule has 0 amide bonds. The molecule has 0 spiro atoms. The van der Waals surface area contributed by atoms with Crippen LogP contribution in [0.25, 0.3) is 11.3 Å². The molecule has 0 fully saturated rings. The zero-order valence-electron chi connectivity index (χ0n) is 9.45. The van der Waals surface area contributed by atoms with Crippen molar-refractivity contribution in [2.24, 2.45) is 0 Å². The van der Waals surface area contributed by atoms with Crippen LogP contribution in [0.3, 0.4) is 0 Å². The first-order chi connectivity index (χ1) is 8.15. The van der Waals surface area contributed by atoms with Gasteiger partial charge in [-0.25, -0.2) is 4.98 Å². The Balaban J connectivity index is 2.54. The summed E-state index contributed by atoms with van der Waals surface area (Å²) in [6.07, 6.45) is 2.71. The molecule has 3 nitrogen and oxygen atoms in total. The second-order valence-electron chi connectivity index (χ2n) is 3.77. The number of imidazole rings is 1. The lowest BCUT2D eigenvalue weighted by molar-refractivity contribution is 0.686. The van der Waals surface area contributed by atoms with Gasteiger partial charge >= 0.3 is 0 Å². The second-order valence-corrected chi connectivity index (χ2v) is 4.58. The van der Waals surface area contributed by atoms with Gasteiger partial charge in [-0.2, -0.15) is 0 Å². The molecule has 5 heteroatoms. The third kappa shape index (κ3) is 2.26. The highest BCUT2D eigenvalue weighted by molar-refractivity contribution is 6.39. The Hall–Kier alpha value is -1.19. The van der Waals surface area contributed by atoms with Gasteiger partial charge in [0.1, 0.15) is 11.5 Å². The lowest BCUT2D eigenvalue weighted by atomic mass is 10.1. The fraction of sp³-hybridized carbons (Fsp3) is 0.250. The summed E-state index contributed by atoms with van der Waals surface area (Å²) < 4.78 is 1.90. The van der Waals surface area contributed by atoms with Gasteiger partial charge < -0.3 is 10.3 Å². The molecule has 1 heterocycles. The van der Waals surface area contributed by atoms with Crippen molar-refractivity contribution in [1.82, 2.24) is 9.55 Å². The zero-order chi connectivity index (χ0) is 12.4. The smallest absolute Gasteiger partial charge is 0.131 e. The predicted molar refractivity (Wildman–Crippen MR) is 72.4 cm³/mol. The number of aryl methyl sites for hydroxylation is 1. The quantitative estimate of drug-likeness (QED) is 0.920. The summed E-state index contributed by atoms with van der Waals surface area (Å²) in [6.45, 7) is 2.92. The number of rotatable bonds is 3. The van der Waals surface area contributed by atoms with Crippen LogP contribution in [0, 0.1) is 0 Å². The SMILES string of the molecule is CCCn1cnc(-c2c(Cl)cccc2Cl)c1N. The number of nitrogen functional groups attached to an aromatic ring is 1. The van der Waals surface area contributed by atoms with E-state index in [2.05, 4.69) is 11.9 Å². The number of aromatic nitrogens is 2. The number of nitrogens with zero attached hydrogens (tertiary/aromatic N) is 2. The number of halogens is 2. The molecule has 1 aromatic heterocycles. The summed E-state index contributed by atoms with van der Waals surface area (Å²) in [5.41, 5.74) is 7.39. The Kier molecular flexibility index (Phi) is 3.60. The minimum Gasteiger partial charge on any atom is -0.383 e. The van der Waals surface area contributed by atoms with Crippen LogP contribution in [0.15, 0.2) is 24.5 Å². The maximum atomic E-state index is 6.13. The molecule has 2 N–H and O–H groups in total. The van der Waals surface area contributed by atoms with Gasteiger partial charge in [0.15, 0.2) is 0 Å². The number of benzene rings is 1. The van der Waals surface area contributed by atoms with Crippen molar-refractivity contribution in [3.05, 3.63) is 34.6 Å². The summed E-state index contributed by atoms with van der Waals surface area (Å²) in [6, 6.07) is 5.36. The van der Waals surface area contributed by atoms with Crippen molar-refractivity contribution in [1.29, 1.82) is 0 Å². The highest BCUT2D eigenvalue weighted by atomic mass is 35.5. The molecule has 2 aromatic rings. The Morgan fingerprint density at radius 3 is 2.53 bits per heavy atom. The van der Waals surface area contributed by atoms with E-state index in [-0.39, 0.29) is 0 Å². The van der Waals surface area contributed by atoms with Gasteiger partial charge in [-0.3, -0.25) is 0 Å². The minimum atomic E-state index is 0.561. The zero-order valence-corrected chi connectivity index (χ0v) is 11.0. The fourth-order valence-electron chi connectivity index (χ4n) is 1.73. The monoisotopic (exact) mass is 269 g/mol. The van der Waals surface area contributed by atoms with Crippen LogP contribution in [-0.4, -0.2) is 9.55 Å². The summed E-state index contributed by atoms with van der Waals surface area (Å²) >= 11 is 12.3. The molecule has 0 radical (unpaired) electrons. The molecule has 90 valence electrons. The topological polar surface area (TPSA) is 43.8 Å². The number of nitrogens with two attached hydrogens (primary N) is 1. The maximum Gasteiger partial charge on any atom is 0.131 e. The summed E-state index contributed by atoms with van der Waals surface area (Å²) in [5, 5.41) is 1.12. The highest BCUT2D eigenvalue weighted by Crippen LogP contribution is 2.36. The average molecular weight is 270 g/mol. The van der Waals surface area contributed by atoms with Crippen molar-refractivity contribution >= 4 is 29.0 Å². The molecule has 1 aromatic carbocycles. The van der Waals surface area contributed by atoms with Crippen molar-refractivity contribution in [2.45, 2.75) is 19.9 Å². The normalized spacial score (nSPS) is 10.8. The van der Waals surface area contributed by atoms with Crippen LogP contribution in [-0.2, 0) is 6.54 Å². The van der Waals surface area contributed by atoms with Crippen molar-refractivity contribution in [3.63, 3.8) is 0 Å². The average Bonchev–Trinajstić information content (AvgIpc) is 2.62. The third-order valence-corrected chi connectivity index (χ3v) is 3.17. The third-order valence-electron chi connectivity index (χ3n) is 2.54. The van der Waals surface area contributed by atoms with E-state index in [1.54, 1.807) is 24.5 Å². The molecule has 0 saturated heterocycles. The van der Waals surface area contributed by atoms with Gasteiger partial charge in [0, 0.05) is 12.1 Å². The number of hydrogen-bond donors (Lipinski definition) is 1. The Morgan fingerprint density at radius 2 is 1.94 bits per heavy atom. The van der Waals surface area contributed by atoms with E-state index in [4.69, 9.17) is 28.9 Å². The molecule has 0 saturated carbocycles. The van der Waals surface area contributed by atoms with Crippen LogP contribution in [0.5, 0.6) is 0 Å². The standard InChI is InChI=1S/C12H13Cl2N3/c1-2-6-17-7-16-11(12(17)15)10-8(13)4-3-5-9(10)14/h3-5,7H,2,6,15H2,1H3. The van der Waals surface area contributed by atoms with Crippen LogP contribution in [0.2, 0.25) is 10.0 Å². The van der Waals surface area contributed by atoms with Gasteiger partial charge in [0.25, 0.3) is 0 Å². The molecule has 2 rings (SSSR count). The van der Waals surface area contributed by atoms with Gasteiger partial charge in [-0.05, 0) is 18.6 Å². The number of anilines is 1. The van der Waals surface area contributed by atoms with E-state index in [9.17, 15) is 0 Å². The first-order valence-corrected chi connectivity index (χ1v) is 6.15.